The highest BCUT2D eigenvalue weighted by molar-refractivity contribution is 6.02. The number of aromatic nitrogens is 1. The van der Waals surface area contributed by atoms with Crippen LogP contribution >= 0.6 is 0 Å². The summed E-state index contributed by atoms with van der Waals surface area (Å²) in [6.07, 6.45) is 3.21. The summed E-state index contributed by atoms with van der Waals surface area (Å²) in [7, 11) is 0. The summed E-state index contributed by atoms with van der Waals surface area (Å²) in [4.78, 5) is 42.2. The number of aryl methyl sites for hydroxylation is 1. The molecule has 2 aromatic carbocycles. The molecule has 1 aromatic heterocycles. The number of fused-ring (bicyclic) bond motifs is 2. The van der Waals surface area contributed by atoms with Crippen LogP contribution in [0.15, 0.2) is 54.7 Å². The van der Waals surface area contributed by atoms with E-state index in [0.29, 0.717) is 24.9 Å². The number of rotatable bonds is 8. The molecule has 0 fully saturated rings. The van der Waals surface area contributed by atoms with Gasteiger partial charge in [-0.15, -0.1) is 0 Å². The van der Waals surface area contributed by atoms with Gasteiger partial charge in [-0.1, -0.05) is 36.4 Å². The third-order valence-corrected chi connectivity index (χ3v) is 5.91. The van der Waals surface area contributed by atoms with Crippen LogP contribution < -0.4 is 10.2 Å². The van der Waals surface area contributed by atoms with E-state index in [-0.39, 0.29) is 12.5 Å². The highest BCUT2D eigenvalue weighted by atomic mass is 16.5. The van der Waals surface area contributed by atoms with Crippen molar-refractivity contribution in [3.63, 3.8) is 0 Å². The second kappa shape index (κ2) is 9.87. The van der Waals surface area contributed by atoms with Crippen LogP contribution in [-0.2, 0) is 32.0 Å². The highest BCUT2D eigenvalue weighted by Gasteiger charge is 2.34. The zero-order valence-electron chi connectivity index (χ0n) is 18.4. The molecule has 0 spiro atoms. The number of carbonyl (C=O) groups excluding carboxylic acids is 2. The Labute approximate surface area is 191 Å². The zero-order chi connectivity index (χ0) is 23.4. The van der Waals surface area contributed by atoms with Crippen molar-refractivity contribution < 1.29 is 24.2 Å². The number of carbonyl (C=O) groups is 3. The van der Waals surface area contributed by atoms with E-state index in [1.807, 2.05) is 42.6 Å². The topological polar surface area (TPSA) is 112 Å². The van der Waals surface area contributed by atoms with Crippen LogP contribution in [0.1, 0.15) is 24.5 Å². The molecule has 0 radical (unpaired) electrons. The van der Waals surface area contributed by atoms with E-state index < -0.39 is 30.6 Å². The van der Waals surface area contributed by atoms with Gasteiger partial charge < -0.3 is 14.8 Å². The maximum absolute atomic E-state index is 13.4. The Bertz CT molecular complexity index is 1170. The molecular formula is C25H27N3O5. The van der Waals surface area contributed by atoms with E-state index in [9.17, 15) is 19.5 Å². The molecule has 3 aromatic rings. The highest BCUT2D eigenvalue weighted by Crippen LogP contribution is 2.27. The summed E-state index contributed by atoms with van der Waals surface area (Å²) in [6, 6.07) is 13.6. The lowest BCUT2D eigenvalue weighted by Gasteiger charge is -2.27. The summed E-state index contributed by atoms with van der Waals surface area (Å²) in [5.74, 6) is -1.91. The van der Waals surface area contributed by atoms with E-state index in [1.165, 1.54) is 4.90 Å². The number of hydrogen-bond donors (Lipinski definition) is 3. The second-order valence-electron chi connectivity index (χ2n) is 8.07. The van der Waals surface area contributed by atoms with Gasteiger partial charge in [0.25, 0.3) is 0 Å². The van der Waals surface area contributed by atoms with Crippen molar-refractivity contribution in [2.75, 3.05) is 18.1 Å². The van der Waals surface area contributed by atoms with Gasteiger partial charge in [0, 0.05) is 29.2 Å². The standard InChI is InChI=1S/C25H27N3O5/c1-2-33-25(32)21(13-17-14-26-19-9-5-4-8-18(17)19)27-20-12-11-16-7-3-6-10-22(16)28(24(20)31)15-23(29)30/h3-10,14,20-21,26-27H,2,11-13,15H2,1H3,(H,29,30)/t20-,21+/m0/s1. The van der Waals surface area contributed by atoms with Crippen LogP contribution in [0.3, 0.4) is 0 Å². The monoisotopic (exact) mass is 449 g/mol. The second-order valence-corrected chi connectivity index (χ2v) is 8.07. The molecule has 1 aliphatic heterocycles. The SMILES string of the molecule is CCOC(=O)[C@@H](Cc1c[nH]c2ccccc12)N[C@H]1CCc2ccccc2N(CC(=O)O)C1=O. The lowest BCUT2D eigenvalue weighted by Crippen LogP contribution is -2.53. The summed E-state index contributed by atoms with van der Waals surface area (Å²) in [6.45, 7) is 1.52. The molecule has 2 heterocycles. The van der Waals surface area contributed by atoms with Crippen LogP contribution in [0.4, 0.5) is 5.69 Å². The number of esters is 1. The van der Waals surface area contributed by atoms with Gasteiger partial charge in [-0.2, -0.15) is 0 Å². The molecule has 3 N–H and O–H groups in total. The first-order valence-corrected chi connectivity index (χ1v) is 11.1. The number of anilines is 1. The molecule has 172 valence electrons. The first-order valence-electron chi connectivity index (χ1n) is 11.1. The maximum Gasteiger partial charge on any atom is 0.323 e. The minimum absolute atomic E-state index is 0.222. The van der Waals surface area contributed by atoms with Crippen LogP contribution in [0.5, 0.6) is 0 Å². The molecule has 1 aliphatic rings. The minimum atomic E-state index is -1.10. The quantitative estimate of drug-likeness (QED) is 0.456. The average molecular weight is 450 g/mol. The van der Waals surface area contributed by atoms with Crippen LogP contribution in [0.2, 0.25) is 0 Å². The average Bonchev–Trinajstić information content (AvgIpc) is 3.16. The van der Waals surface area contributed by atoms with E-state index in [0.717, 1.165) is 22.0 Å². The molecule has 0 saturated carbocycles. The number of benzene rings is 2. The number of para-hydroxylation sites is 2. The normalized spacial score (nSPS) is 16.8. The molecule has 4 rings (SSSR count). The third-order valence-electron chi connectivity index (χ3n) is 5.91. The Morgan fingerprint density at radius 2 is 1.97 bits per heavy atom. The van der Waals surface area contributed by atoms with Crippen molar-refractivity contribution in [2.24, 2.45) is 0 Å². The fourth-order valence-electron chi connectivity index (χ4n) is 4.39. The zero-order valence-corrected chi connectivity index (χ0v) is 18.4. The number of H-pyrrole nitrogens is 1. The molecular weight excluding hydrogens is 422 g/mol. The molecule has 0 unspecified atom stereocenters. The Kier molecular flexibility index (Phi) is 6.74. The minimum Gasteiger partial charge on any atom is -0.480 e. The Balaban J connectivity index is 1.61. The first kappa shape index (κ1) is 22.5. The van der Waals surface area contributed by atoms with Gasteiger partial charge in [-0.3, -0.25) is 24.6 Å². The number of aliphatic carboxylic acids is 1. The third kappa shape index (κ3) is 4.90. The van der Waals surface area contributed by atoms with E-state index in [1.54, 1.807) is 19.1 Å². The Hall–Kier alpha value is -3.65. The van der Waals surface area contributed by atoms with Crippen LogP contribution in [0.25, 0.3) is 10.9 Å². The molecule has 0 bridgehead atoms. The van der Waals surface area contributed by atoms with Crippen molar-refractivity contribution >= 4 is 34.4 Å². The van der Waals surface area contributed by atoms with E-state index in [2.05, 4.69) is 10.3 Å². The summed E-state index contributed by atoms with van der Waals surface area (Å²) in [5, 5.41) is 13.6. The molecule has 0 saturated heterocycles. The van der Waals surface area contributed by atoms with Gasteiger partial charge in [0.05, 0.1) is 12.6 Å². The molecule has 8 nitrogen and oxygen atoms in total. The molecule has 33 heavy (non-hydrogen) atoms. The number of aromatic amines is 1. The molecule has 2 atom stereocenters. The maximum atomic E-state index is 13.4. The lowest BCUT2D eigenvalue weighted by molar-refractivity contribution is -0.146. The smallest absolute Gasteiger partial charge is 0.323 e. The predicted molar refractivity (Wildman–Crippen MR) is 124 cm³/mol. The van der Waals surface area contributed by atoms with E-state index >= 15 is 0 Å². The number of carboxylic acid groups (broad SMARTS) is 1. The van der Waals surface area contributed by atoms with E-state index in [4.69, 9.17) is 4.74 Å². The predicted octanol–water partition coefficient (Wildman–Crippen LogP) is 2.66. The van der Waals surface area contributed by atoms with Crippen molar-refractivity contribution in [1.82, 2.24) is 10.3 Å². The van der Waals surface area contributed by atoms with Crippen molar-refractivity contribution in [3.05, 3.63) is 65.9 Å². The Morgan fingerprint density at radius 3 is 2.76 bits per heavy atom. The number of carboxylic acids is 1. The van der Waals surface area contributed by atoms with Gasteiger partial charge >= 0.3 is 11.9 Å². The first-order chi connectivity index (χ1) is 16.0. The largest absolute Gasteiger partial charge is 0.480 e. The van der Waals surface area contributed by atoms with Crippen LogP contribution in [0, 0.1) is 0 Å². The fraction of sp³-hybridized carbons (Fsp3) is 0.320. The summed E-state index contributed by atoms with van der Waals surface area (Å²) < 4.78 is 5.30. The molecule has 8 heteroatoms. The Morgan fingerprint density at radius 1 is 1.21 bits per heavy atom. The number of hydrogen-bond acceptors (Lipinski definition) is 5. The van der Waals surface area contributed by atoms with Crippen molar-refractivity contribution in [2.45, 2.75) is 38.3 Å². The lowest BCUT2D eigenvalue weighted by atomic mass is 10.0. The van der Waals surface area contributed by atoms with Gasteiger partial charge in [-0.25, -0.2) is 0 Å². The summed E-state index contributed by atoms with van der Waals surface area (Å²) in [5.41, 5.74) is 3.39. The van der Waals surface area contributed by atoms with Gasteiger partial charge in [-0.05, 0) is 43.0 Å². The molecule has 1 amide bonds. The van der Waals surface area contributed by atoms with Gasteiger partial charge in [0.2, 0.25) is 5.91 Å². The summed E-state index contributed by atoms with van der Waals surface area (Å²) >= 11 is 0. The fourth-order valence-corrected chi connectivity index (χ4v) is 4.39. The molecule has 0 aliphatic carbocycles. The number of ether oxygens (including phenoxy) is 1. The van der Waals surface area contributed by atoms with Crippen LogP contribution in [-0.4, -0.2) is 53.2 Å². The number of nitrogens with zero attached hydrogens (tertiary/aromatic N) is 1. The van der Waals surface area contributed by atoms with Crippen molar-refractivity contribution in [3.8, 4) is 0 Å². The number of nitrogens with one attached hydrogen (secondary N) is 2. The van der Waals surface area contributed by atoms with Crippen molar-refractivity contribution in [1.29, 1.82) is 0 Å². The van der Waals surface area contributed by atoms with Gasteiger partial charge in [0.15, 0.2) is 0 Å². The van der Waals surface area contributed by atoms with Gasteiger partial charge in [0.1, 0.15) is 12.6 Å². The number of amides is 1.